The summed E-state index contributed by atoms with van der Waals surface area (Å²) in [6, 6.07) is 15.4. The van der Waals surface area contributed by atoms with Crippen LogP contribution in [0, 0.1) is 23.7 Å². The highest BCUT2D eigenvalue weighted by Gasteiger charge is 2.77. The third-order valence-corrected chi connectivity index (χ3v) is 7.61. The number of sulfone groups is 1. The Labute approximate surface area is 167 Å². The number of halogens is 1. The molecule has 1 aliphatic rings. The molecule has 3 atom stereocenters. The van der Waals surface area contributed by atoms with Gasteiger partial charge in [-0.05, 0) is 43.7 Å². The molecule has 0 unspecified atom stereocenters. The van der Waals surface area contributed by atoms with Gasteiger partial charge in [-0.3, -0.25) is 4.79 Å². The first-order chi connectivity index (χ1) is 12.8. The average molecular weight is 448 g/mol. The van der Waals surface area contributed by atoms with E-state index in [0.29, 0.717) is 5.56 Å². The molecule has 27 heavy (non-hydrogen) atoms. The van der Waals surface area contributed by atoms with Gasteiger partial charge in [0.15, 0.2) is 15.3 Å². The van der Waals surface area contributed by atoms with Crippen LogP contribution in [0.25, 0.3) is 0 Å². The van der Waals surface area contributed by atoms with Crippen LogP contribution >= 0.6 is 15.9 Å². The lowest BCUT2D eigenvalue weighted by molar-refractivity contribution is -0.147. The zero-order chi connectivity index (χ0) is 19.8. The number of hydrogen-bond acceptors (Lipinski definition) is 5. The molecule has 7 heteroatoms. The van der Waals surface area contributed by atoms with Gasteiger partial charge in [-0.15, -0.1) is 0 Å². The highest BCUT2D eigenvalue weighted by Crippen LogP contribution is 2.64. The van der Waals surface area contributed by atoms with Crippen molar-refractivity contribution < 1.29 is 17.9 Å². The lowest BCUT2D eigenvalue weighted by Gasteiger charge is -2.09. The number of nitriles is 1. The molecule has 1 saturated carbocycles. The first kappa shape index (κ1) is 19.6. The van der Waals surface area contributed by atoms with Gasteiger partial charge in [0.2, 0.25) is 0 Å². The van der Waals surface area contributed by atoms with Gasteiger partial charge in [-0.1, -0.05) is 45.8 Å². The SMILES string of the molecule is CCOC(=O)[C@]1(C#N)[C@H](c2ccc(Br)cc2)[C@@H]1S(=O)(=O)c1ccc(C)cc1. The largest absolute Gasteiger partial charge is 0.465 e. The normalized spacial score (nSPS) is 24.1. The van der Waals surface area contributed by atoms with Crippen LogP contribution in [0.5, 0.6) is 0 Å². The van der Waals surface area contributed by atoms with E-state index in [1.54, 1.807) is 43.3 Å². The minimum Gasteiger partial charge on any atom is -0.465 e. The van der Waals surface area contributed by atoms with Gasteiger partial charge in [0, 0.05) is 10.4 Å². The lowest BCUT2D eigenvalue weighted by Crippen LogP contribution is -2.25. The summed E-state index contributed by atoms with van der Waals surface area (Å²) in [6.07, 6.45) is 0. The predicted molar refractivity (Wildman–Crippen MR) is 104 cm³/mol. The molecule has 3 rings (SSSR count). The fourth-order valence-corrected chi connectivity index (χ4v) is 5.94. The van der Waals surface area contributed by atoms with Gasteiger partial charge in [-0.25, -0.2) is 8.42 Å². The van der Waals surface area contributed by atoms with Crippen LogP contribution in [-0.2, 0) is 19.4 Å². The van der Waals surface area contributed by atoms with Crippen molar-refractivity contribution in [2.24, 2.45) is 5.41 Å². The van der Waals surface area contributed by atoms with Crippen LogP contribution in [0.1, 0.15) is 24.0 Å². The van der Waals surface area contributed by atoms with Crippen LogP contribution in [0.2, 0.25) is 0 Å². The molecular weight excluding hydrogens is 430 g/mol. The van der Waals surface area contributed by atoms with E-state index >= 15 is 0 Å². The topological polar surface area (TPSA) is 84.2 Å². The maximum atomic E-state index is 13.3. The summed E-state index contributed by atoms with van der Waals surface area (Å²) in [7, 11) is -3.91. The van der Waals surface area contributed by atoms with Crippen molar-refractivity contribution in [3.05, 3.63) is 64.1 Å². The zero-order valence-electron chi connectivity index (χ0n) is 14.8. The lowest BCUT2D eigenvalue weighted by atomic mass is 10.0. The van der Waals surface area contributed by atoms with Crippen LogP contribution in [0.15, 0.2) is 57.9 Å². The number of hydrogen-bond donors (Lipinski definition) is 0. The molecule has 2 aromatic rings. The summed E-state index contributed by atoms with van der Waals surface area (Å²) >= 11 is 3.34. The standard InChI is InChI=1S/C20H18BrNO4S/c1-3-26-19(23)20(12-22)17(14-6-8-15(21)9-7-14)18(20)27(24,25)16-10-4-13(2)5-11-16/h4-11,17-18H,3H2,1-2H3/t17-,18+,20-/m1/s1. The maximum Gasteiger partial charge on any atom is 0.328 e. The first-order valence-corrected chi connectivity index (χ1v) is 10.8. The highest BCUT2D eigenvalue weighted by molar-refractivity contribution is 9.10. The van der Waals surface area contributed by atoms with E-state index < -0.39 is 32.4 Å². The highest BCUT2D eigenvalue weighted by atomic mass is 79.9. The third kappa shape index (κ3) is 3.17. The second kappa shape index (κ2) is 7.10. The molecule has 5 nitrogen and oxygen atoms in total. The number of rotatable bonds is 5. The Morgan fingerprint density at radius 3 is 2.30 bits per heavy atom. The van der Waals surface area contributed by atoms with Crippen LogP contribution in [0.4, 0.5) is 0 Å². The monoisotopic (exact) mass is 447 g/mol. The van der Waals surface area contributed by atoms with Crippen molar-refractivity contribution in [2.75, 3.05) is 6.61 Å². The summed E-state index contributed by atoms with van der Waals surface area (Å²) in [6.45, 7) is 3.56. The molecule has 0 amide bonds. The number of carbonyl (C=O) groups excluding carboxylic acids is 1. The molecule has 0 saturated heterocycles. The fourth-order valence-electron chi connectivity index (χ4n) is 3.43. The molecule has 140 valence electrons. The van der Waals surface area contributed by atoms with E-state index in [1.807, 2.05) is 13.0 Å². The van der Waals surface area contributed by atoms with E-state index in [2.05, 4.69) is 15.9 Å². The summed E-state index contributed by atoms with van der Waals surface area (Å²) in [5.41, 5.74) is -0.201. The Balaban J connectivity index is 2.12. The van der Waals surface area contributed by atoms with E-state index in [1.165, 1.54) is 12.1 Å². The Kier molecular flexibility index (Phi) is 5.15. The third-order valence-electron chi connectivity index (χ3n) is 4.84. The minimum atomic E-state index is -3.91. The van der Waals surface area contributed by atoms with Gasteiger partial charge in [0.25, 0.3) is 0 Å². The van der Waals surface area contributed by atoms with E-state index in [0.717, 1.165) is 10.0 Å². The Bertz CT molecular complexity index is 1010. The smallest absolute Gasteiger partial charge is 0.328 e. The van der Waals surface area contributed by atoms with Crippen molar-refractivity contribution in [1.82, 2.24) is 0 Å². The van der Waals surface area contributed by atoms with Gasteiger partial charge in [0.1, 0.15) is 5.25 Å². The number of esters is 1. The van der Waals surface area contributed by atoms with E-state index in [4.69, 9.17) is 4.74 Å². The summed E-state index contributed by atoms with van der Waals surface area (Å²) < 4.78 is 32.4. The number of benzene rings is 2. The molecule has 0 radical (unpaired) electrons. The van der Waals surface area contributed by atoms with Gasteiger partial charge < -0.3 is 4.74 Å². The minimum absolute atomic E-state index is 0.0760. The van der Waals surface area contributed by atoms with Crippen molar-refractivity contribution in [3.63, 3.8) is 0 Å². The molecule has 0 spiro atoms. The molecule has 0 aliphatic heterocycles. The van der Waals surface area contributed by atoms with Crippen molar-refractivity contribution >= 4 is 31.7 Å². The van der Waals surface area contributed by atoms with Gasteiger partial charge in [-0.2, -0.15) is 5.26 Å². The van der Waals surface area contributed by atoms with E-state index in [-0.39, 0.29) is 11.5 Å². The molecule has 0 aromatic heterocycles. The molecule has 1 fully saturated rings. The molecule has 0 heterocycles. The average Bonchev–Trinajstić information content (AvgIpc) is 3.34. The summed E-state index contributed by atoms with van der Waals surface area (Å²) in [4.78, 5) is 12.7. The van der Waals surface area contributed by atoms with Crippen molar-refractivity contribution in [2.45, 2.75) is 29.9 Å². The zero-order valence-corrected chi connectivity index (χ0v) is 17.2. The van der Waals surface area contributed by atoms with E-state index in [9.17, 15) is 18.5 Å². The quantitative estimate of drug-likeness (QED) is 0.651. The van der Waals surface area contributed by atoms with Gasteiger partial charge >= 0.3 is 5.97 Å². The summed E-state index contributed by atoms with van der Waals surface area (Å²) in [5.74, 6) is -1.57. The van der Waals surface area contributed by atoms with Gasteiger partial charge in [0.05, 0.1) is 17.6 Å². The first-order valence-electron chi connectivity index (χ1n) is 8.43. The van der Waals surface area contributed by atoms with Crippen LogP contribution in [-0.4, -0.2) is 26.2 Å². The Morgan fingerprint density at radius 2 is 1.78 bits per heavy atom. The molecule has 2 aromatic carbocycles. The second-order valence-corrected chi connectivity index (χ2v) is 9.49. The van der Waals surface area contributed by atoms with Crippen LogP contribution < -0.4 is 0 Å². The Hall–Kier alpha value is -2.17. The Morgan fingerprint density at radius 1 is 1.19 bits per heavy atom. The molecular formula is C20H18BrNO4S. The van der Waals surface area contributed by atoms with Crippen LogP contribution in [0.3, 0.4) is 0 Å². The number of carbonyl (C=O) groups is 1. The number of aryl methyl sites for hydroxylation is 1. The second-order valence-electron chi connectivity index (χ2n) is 6.51. The van der Waals surface area contributed by atoms with Crippen molar-refractivity contribution in [3.8, 4) is 6.07 Å². The maximum absolute atomic E-state index is 13.3. The number of ether oxygens (including phenoxy) is 1. The van der Waals surface area contributed by atoms with Crippen molar-refractivity contribution in [1.29, 1.82) is 5.26 Å². The predicted octanol–water partition coefficient (Wildman–Crippen LogP) is 3.77. The molecule has 1 aliphatic carbocycles. The summed E-state index contributed by atoms with van der Waals surface area (Å²) in [5, 5.41) is 8.66. The fraction of sp³-hybridized carbons (Fsp3) is 0.300. The molecule has 0 N–H and O–H groups in total. The molecule has 0 bridgehead atoms. The number of nitrogens with zero attached hydrogens (tertiary/aromatic N) is 1.